The summed E-state index contributed by atoms with van der Waals surface area (Å²) >= 11 is 0. The van der Waals surface area contributed by atoms with E-state index in [9.17, 15) is 13.2 Å². The molecule has 8 heteroatoms. The number of hydrogen-bond donors (Lipinski definition) is 1. The van der Waals surface area contributed by atoms with Gasteiger partial charge in [0.25, 0.3) is 15.9 Å². The summed E-state index contributed by atoms with van der Waals surface area (Å²) in [4.78, 5) is 18.5. The normalized spacial score (nSPS) is 14.8. The molecule has 4 rings (SSSR count). The molecule has 144 valence electrons. The summed E-state index contributed by atoms with van der Waals surface area (Å²) in [6.45, 7) is 2.10. The molecule has 28 heavy (non-hydrogen) atoms. The Labute approximate surface area is 163 Å². The van der Waals surface area contributed by atoms with E-state index in [4.69, 9.17) is 4.74 Å². The fourth-order valence-corrected chi connectivity index (χ4v) is 4.18. The van der Waals surface area contributed by atoms with Crippen LogP contribution < -0.4 is 4.72 Å². The Hall–Kier alpha value is -2.97. The summed E-state index contributed by atoms with van der Waals surface area (Å²) in [5, 5.41) is 0.842. The van der Waals surface area contributed by atoms with Crippen molar-refractivity contribution in [1.29, 1.82) is 0 Å². The van der Waals surface area contributed by atoms with E-state index in [1.54, 1.807) is 29.3 Å². The van der Waals surface area contributed by atoms with Crippen molar-refractivity contribution < 1.29 is 17.9 Å². The van der Waals surface area contributed by atoms with E-state index >= 15 is 0 Å². The number of hydrogen-bond acceptors (Lipinski definition) is 5. The molecule has 0 atom stereocenters. The smallest absolute Gasteiger partial charge is 0.261 e. The van der Waals surface area contributed by atoms with Gasteiger partial charge in [0.2, 0.25) is 0 Å². The fraction of sp³-hybridized carbons (Fsp3) is 0.200. The molecule has 2 aromatic carbocycles. The average Bonchev–Trinajstić information content (AvgIpc) is 2.74. The van der Waals surface area contributed by atoms with Crippen LogP contribution >= 0.6 is 0 Å². The highest BCUT2D eigenvalue weighted by molar-refractivity contribution is 7.92. The van der Waals surface area contributed by atoms with Gasteiger partial charge in [0, 0.05) is 30.2 Å². The molecular formula is C20H19N3O4S. The van der Waals surface area contributed by atoms with E-state index in [2.05, 4.69) is 9.71 Å². The van der Waals surface area contributed by atoms with E-state index in [1.165, 1.54) is 24.3 Å². The Morgan fingerprint density at radius 3 is 2.46 bits per heavy atom. The number of anilines is 1. The third kappa shape index (κ3) is 3.69. The van der Waals surface area contributed by atoms with Crippen LogP contribution in [-0.4, -0.2) is 50.5 Å². The fourth-order valence-electron chi connectivity index (χ4n) is 3.12. The quantitative estimate of drug-likeness (QED) is 0.731. The van der Waals surface area contributed by atoms with Crippen molar-refractivity contribution in [3.8, 4) is 0 Å². The minimum absolute atomic E-state index is 0.0824. The molecule has 0 bridgehead atoms. The van der Waals surface area contributed by atoms with Crippen LogP contribution in [0.4, 0.5) is 5.69 Å². The Balaban J connectivity index is 1.57. The minimum Gasteiger partial charge on any atom is -0.378 e. The summed E-state index contributed by atoms with van der Waals surface area (Å²) in [5.74, 6) is -0.126. The van der Waals surface area contributed by atoms with E-state index in [1.807, 2.05) is 12.1 Å². The van der Waals surface area contributed by atoms with Crippen molar-refractivity contribution in [1.82, 2.24) is 9.88 Å². The lowest BCUT2D eigenvalue weighted by Gasteiger charge is -2.26. The standard InChI is InChI=1S/C20H19N3O4S/c24-20(23-11-13-27-14-12-23)16-6-8-17(9-7-16)28(25,26)22-18-5-1-3-15-4-2-10-21-19(15)18/h1-10,22H,11-14H2. The molecule has 3 aromatic rings. The number of morpholine rings is 1. The van der Waals surface area contributed by atoms with Crippen LogP contribution in [0.3, 0.4) is 0 Å². The number of rotatable bonds is 4. The number of para-hydroxylation sites is 1. The van der Waals surface area contributed by atoms with Gasteiger partial charge in [0.1, 0.15) is 0 Å². The third-order valence-electron chi connectivity index (χ3n) is 4.59. The highest BCUT2D eigenvalue weighted by Crippen LogP contribution is 2.24. The lowest BCUT2D eigenvalue weighted by atomic mass is 10.2. The summed E-state index contributed by atoms with van der Waals surface area (Å²) in [7, 11) is -3.81. The van der Waals surface area contributed by atoms with E-state index in [0.717, 1.165) is 5.39 Å². The number of amides is 1. The molecule has 1 N–H and O–H groups in total. The first kappa shape index (κ1) is 18.4. The number of carbonyl (C=O) groups is 1. The summed E-state index contributed by atoms with van der Waals surface area (Å²) < 4.78 is 33.4. The average molecular weight is 397 g/mol. The largest absolute Gasteiger partial charge is 0.378 e. The van der Waals surface area contributed by atoms with Gasteiger partial charge in [-0.1, -0.05) is 18.2 Å². The first-order chi connectivity index (χ1) is 13.5. The number of aromatic nitrogens is 1. The van der Waals surface area contributed by atoms with Crippen LogP contribution in [0.25, 0.3) is 10.9 Å². The third-order valence-corrected chi connectivity index (χ3v) is 5.97. The second-order valence-electron chi connectivity index (χ2n) is 6.42. The van der Waals surface area contributed by atoms with Crippen molar-refractivity contribution in [3.05, 3.63) is 66.4 Å². The van der Waals surface area contributed by atoms with Gasteiger partial charge in [-0.15, -0.1) is 0 Å². The number of sulfonamides is 1. The topological polar surface area (TPSA) is 88.6 Å². The number of benzene rings is 2. The monoisotopic (exact) mass is 397 g/mol. The van der Waals surface area contributed by atoms with Crippen molar-refractivity contribution in [2.24, 2.45) is 0 Å². The van der Waals surface area contributed by atoms with Gasteiger partial charge in [-0.3, -0.25) is 14.5 Å². The molecule has 2 heterocycles. The van der Waals surface area contributed by atoms with Gasteiger partial charge in [-0.2, -0.15) is 0 Å². The lowest BCUT2D eigenvalue weighted by Crippen LogP contribution is -2.40. The predicted octanol–water partition coefficient (Wildman–Crippen LogP) is 2.51. The van der Waals surface area contributed by atoms with Crippen molar-refractivity contribution in [2.45, 2.75) is 4.90 Å². The van der Waals surface area contributed by atoms with E-state index < -0.39 is 10.0 Å². The Kier molecular flexibility index (Phi) is 4.97. The molecule has 1 aliphatic rings. The van der Waals surface area contributed by atoms with Gasteiger partial charge in [0.05, 0.1) is 29.3 Å². The molecule has 1 aliphatic heterocycles. The van der Waals surface area contributed by atoms with E-state index in [-0.39, 0.29) is 10.8 Å². The first-order valence-corrected chi connectivity index (χ1v) is 10.4. The predicted molar refractivity (Wildman–Crippen MR) is 106 cm³/mol. The van der Waals surface area contributed by atoms with Gasteiger partial charge < -0.3 is 9.64 Å². The molecule has 0 aliphatic carbocycles. The molecule has 0 saturated carbocycles. The molecule has 1 aromatic heterocycles. The van der Waals surface area contributed by atoms with E-state index in [0.29, 0.717) is 43.1 Å². The van der Waals surface area contributed by atoms with Crippen LogP contribution in [0, 0.1) is 0 Å². The molecule has 0 spiro atoms. The van der Waals surface area contributed by atoms with Crippen LogP contribution in [0.5, 0.6) is 0 Å². The summed E-state index contributed by atoms with van der Waals surface area (Å²) in [6.07, 6.45) is 1.62. The maximum atomic E-state index is 12.8. The number of nitrogens with one attached hydrogen (secondary N) is 1. The maximum absolute atomic E-state index is 12.8. The zero-order valence-electron chi connectivity index (χ0n) is 15.0. The lowest BCUT2D eigenvalue weighted by molar-refractivity contribution is 0.0303. The van der Waals surface area contributed by atoms with Crippen molar-refractivity contribution in [2.75, 3.05) is 31.0 Å². The first-order valence-electron chi connectivity index (χ1n) is 8.88. The summed E-state index contributed by atoms with van der Waals surface area (Å²) in [6, 6.07) is 14.9. The minimum atomic E-state index is -3.81. The van der Waals surface area contributed by atoms with Gasteiger partial charge in [0.15, 0.2) is 0 Å². The molecule has 0 radical (unpaired) electrons. The second-order valence-corrected chi connectivity index (χ2v) is 8.10. The number of nitrogens with zero attached hydrogens (tertiary/aromatic N) is 2. The maximum Gasteiger partial charge on any atom is 0.261 e. The van der Waals surface area contributed by atoms with Crippen molar-refractivity contribution in [3.63, 3.8) is 0 Å². The Bertz CT molecular complexity index is 1100. The highest BCUT2D eigenvalue weighted by atomic mass is 32.2. The zero-order chi connectivity index (χ0) is 19.6. The highest BCUT2D eigenvalue weighted by Gasteiger charge is 2.20. The molecule has 0 unspecified atom stereocenters. The summed E-state index contributed by atoms with van der Waals surface area (Å²) in [5.41, 5.74) is 1.44. The molecule has 1 fully saturated rings. The van der Waals surface area contributed by atoms with Gasteiger partial charge in [-0.05, 0) is 36.4 Å². The van der Waals surface area contributed by atoms with Gasteiger partial charge in [-0.25, -0.2) is 8.42 Å². The molecular weight excluding hydrogens is 378 g/mol. The number of carbonyl (C=O) groups excluding carboxylic acids is 1. The number of fused-ring (bicyclic) bond motifs is 1. The Morgan fingerprint density at radius 2 is 1.71 bits per heavy atom. The zero-order valence-corrected chi connectivity index (χ0v) is 15.9. The van der Waals surface area contributed by atoms with Crippen LogP contribution in [-0.2, 0) is 14.8 Å². The molecule has 1 saturated heterocycles. The van der Waals surface area contributed by atoms with Crippen LogP contribution in [0.15, 0.2) is 65.7 Å². The molecule has 7 nitrogen and oxygen atoms in total. The van der Waals surface area contributed by atoms with Gasteiger partial charge >= 0.3 is 0 Å². The second kappa shape index (κ2) is 7.57. The Morgan fingerprint density at radius 1 is 1.00 bits per heavy atom. The number of ether oxygens (including phenoxy) is 1. The van der Waals surface area contributed by atoms with Crippen LogP contribution in [0.2, 0.25) is 0 Å². The van der Waals surface area contributed by atoms with Crippen molar-refractivity contribution >= 4 is 32.5 Å². The number of pyridine rings is 1. The molecule has 1 amide bonds. The van der Waals surface area contributed by atoms with Crippen LogP contribution in [0.1, 0.15) is 10.4 Å². The SMILES string of the molecule is O=C(c1ccc(S(=O)(=O)Nc2cccc3cccnc23)cc1)N1CCOCC1.